The lowest BCUT2D eigenvalue weighted by Gasteiger charge is -2.10. The molecule has 0 spiro atoms. The smallest absolute Gasteiger partial charge is 0.273 e. The van der Waals surface area contributed by atoms with E-state index >= 15 is 0 Å². The van der Waals surface area contributed by atoms with Crippen LogP contribution in [0.1, 0.15) is 48.1 Å². The topological polar surface area (TPSA) is 88.9 Å². The van der Waals surface area contributed by atoms with Crippen molar-refractivity contribution in [2.45, 2.75) is 39.3 Å². The predicted molar refractivity (Wildman–Crippen MR) is 88.1 cm³/mol. The summed E-state index contributed by atoms with van der Waals surface area (Å²) in [6, 6.07) is 3.86. The number of aromatic nitrogens is 3. The zero-order valence-corrected chi connectivity index (χ0v) is 14.1. The van der Waals surface area contributed by atoms with Gasteiger partial charge in [0.15, 0.2) is 5.69 Å². The minimum atomic E-state index is -0.257. The van der Waals surface area contributed by atoms with Crippen molar-refractivity contribution in [2.24, 2.45) is 0 Å². The lowest BCUT2D eigenvalue weighted by Crippen LogP contribution is -2.27. The summed E-state index contributed by atoms with van der Waals surface area (Å²) in [4.78, 5) is 24.6. The predicted octanol–water partition coefficient (Wildman–Crippen LogP) is 1.75. The molecule has 2 amide bonds. The van der Waals surface area contributed by atoms with E-state index in [1.54, 1.807) is 22.2 Å². The Balaban J connectivity index is 1.81. The number of hydrogen-bond donors (Lipinski definition) is 2. The Morgan fingerprint density at radius 2 is 2.26 bits per heavy atom. The molecule has 0 saturated heterocycles. The van der Waals surface area contributed by atoms with Crippen LogP contribution in [0.4, 0.5) is 0 Å². The largest absolute Gasteiger partial charge is 0.354 e. The van der Waals surface area contributed by atoms with Gasteiger partial charge in [0, 0.05) is 17.8 Å². The second-order valence-corrected chi connectivity index (χ2v) is 6.16. The number of rotatable bonds is 8. The highest BCUT2D eigenvalue weighted by atomic mass is 32.1. The first-order valence-electron chi connectivity index (χ1n) is 7.61. The van der Waals surface area contributed by atoms with Gasteiger partial charge in [0.25, 0.3) is 5.91 Å². The van der Waals surface area contributed by atoms with Gasteiger partial charge in [0.1, 0.15) is 0 Å². The SMILES string of the molecule is CCCC(=O)NCCn1cc(C(=O)N[C@H](C)c2cccs2)nn1. The van der Waals surface area contributed by atoms with E-state index in [1.165, 1.54) is 0 Å². The van der Waals surface area contributed by atoms with E-state index < -0.39 is 0 Å². The molecule has 124 valence electrons. The van der Waals surface area contributed by atoms with Crippen molar-refractivity contribution < 1.29 is 9.59 Å². The third-order valence-electron chi connectivity index (χ3n) is 3.23. The van der Waals surface area contributed by atoms with Crippen LogP contribution in [0.15, 0.2) is 23.7 Å². The molecule has 0 aliphatic rings. The molecule has 0 aromatic carbocycles. The Hall–Kier alpha value is -2.22. The van der Waals surface area contributed by atoms with Crippen molar-refractivity contribution in [1.29, 1.82) is 0 Å². The fourth-order valence-electron chi connectivity index (χ4n) is 2.02. The highest BCUT2D eigenvalue weighted by Crippen LogP contribution is 2.18. The van der Waals surface area contributed by atoms with Crippen LogP contribution in [-0.2, 0) is 11.3 Å². The van der Waals surface area contributed by atoms with Crippen LogP contribution in [0, 0.1) is 0 Å². The van der Waals surface area contributed by atoms with Crippen LogP contribution in [0.3, 0.4) is 0 Å². The summed E-state index contributed by atoms with van der Waals surface area (Å²) in [5.74, 6) is -0.234. The zero-order valence-electron chi connectivity index (χ0n) is 13.3. The quantitative estimate of drug-likeness (QED) is 0.769. The Kier molecular flexibility index (Phi) is 6.28. The molecule has 8 heteroatoms. The molecule has 0 fully saturated rings. The average molecular weight is 335 g/mol. The highest BCUT2D eigenvalue weighted by Gasteiger charge is 2.15. The Morgan fingerprint density at radius 1 is 1.43 bits per heavy atom. The van der Waals surface area contributed by atoms with Crippen LogP contribution in [0.5, 0.6) is 0 Å². The van der Waals surface area contributed by atoms with E-state index in [9.17, 15) is 9.59 Å². The average Bonchev–Trinajstić information content (AvgIpc) is 3.19. The standard InChI is InChI=1S/C15H21N5O2S/c1-3-5-14(21)16-7-8-20-10-12(18-19-20)15(22)17-11(2)13-6-4-9-23-13/h4,6,9-11H,3,5,7-8H2,1-2H3,(H,16,21)(H,17,22)/t11-/m1/s1. The Morgan fingerprint density at radius 3 is 2.96 bits per heavy atom. The number of carbonyl (C=O) groups is 2. The van der Waals surface area contributed by atoms with Crippen molar-refractivity contribution in [3.8, 4) is 0 Å². The van der Waals surface area contributed by atoms with Crippen molar-refractivity contribution >= 4 is 23.2 Å². The van der Waals surface area contributed by atoms with Crippen LogP contribution in [-0.4, -0.2) is 33.4 Å². The van der Waals surface area contributed by atoms with Gasteiger partial charge in [-0.3, -0.25) is 9.59 Å². The van der Waals surface area contributed by atoms with Crippen LogP contribution in [0.25, 0.3) is 0 Å². The highest BCUT2D eigenvalue weighted by molar-refractivity contribution is 7.10. The summed E-state index contributed by atoms with van der Waals surface area (Å²) in [7, 11) is 0. The first-order chi connectivity index (χ1) is 11.1. The van der Waals surface area contributed by atoms with E-state index in [-0.39, 0.29) is 23.6 Å². The van der Waals surface area contributed by atoms with Gasteiger partial charge < -0.3 is 10.6 Å². The molecule has 0 bridgehead atoms. The van der Waals surface area contributed by atoms with E-state index in [1.807, 2.05) is 31.4 Å². The Labute approximate surface area is 139 Å². The van der Waals surface area contributed by atoms with Crippen molar-refractivity contribution in [3.63, 3.8) is 0 Å². The molecule has 2 N–H and O–H groups in total. The summed E-state index contributed by atoms with van der Waals surface area (Å²) in [6.45, 7) is 4.83. The van der Waals surface area contributed by atoms with Crippen LogP contribution in [0.2, 0.25) is 0 Å². The molecular formula is C15H21N5O2S. The van der Waals surface area contributed by atoms with Crippen molar-refractivity contribution in [1.82, 2.24) is 25.6 Å². The third kappa shape index (κ3) is 5.17. The first kappa shape index (κ1) is 17.1. The van der Waals surface area contributed by atoms with Gasteiger partial charge in [-0.2, -0.15) is 0 Å². The maximum atomic E-state index is 12.1. The summed E-state index contributed by atoms with van der Waals surface area (Å²) in [6.07, 6.45) is 2.93. The molecule has 0 radical (unpaired) electrons. The fourth-order valence-corrected chi connectivity index (χ4v) is 2.75. The second-order valence-electron chi connectivity index (χ2n) is 5.18. The molecule has 0 aliphatic carbocycles. The number of carbonyl (C=O) groups excluding carboxylic acids is 2. The molecular weight excluding hydrogens is 314 g/mol. The van der Waals surface area contributed by atoms with E-state index in [0.717, 1.165) is 11.3 Å². The molecule has 2 aromatic rings. The number of thiophene rings is 1. The minimum Gasteiger partial charge on any atom is -0.354 e. The summed E-state index contributed by atoms with van der Waals surface area (Å²) < 4.78 is 1.55. The van der Waals surface area contributed by atoms with Crippen LogP contribution < -0.4 is 10.6 Å². The second kappa shape index (κ2) is 8.42. The van der Waals surface area contributed by atoms with Gasteiger partial charge in [0.2, 0.25) is 5.91 Å². The molecule has 0 aliphatic heterocycles. The maximum absolute atomic E-state index is 12.1. The summed E-state index contributed by atoms with van der Waals surface area (Å²) >= 11 is 1.59. The zero-order chi connectivity index (χ0) is 16.7. The fraction of sp³-hybridized carbons (Fsp3) is 0.467. The lowest BCUT2D eigenvalue weighted by atomic mass is 10.2. The number of nitrogens with one attached hydrogen (secondary N) is 2. The van der Waals surface area contributed by atoms with Gasteiger partial charge in [-0.05, 0) is 24.8 Å². The molecule has 1 atom stereocenters. The van der Waals surface area contributed by atoms with Crippen molar-refractivity contribution in [3.05, 3.63) is 34.3 Å². The van der Waals surface area contributed by atoms with Gasteiger partial charge in [0.05, 0.1) is 18.8 Å². The maximum Gasteiger partial charge on any atom is 0.273 e. The van der Waals surface area contributed by atoms with E-state index in [4.69, 9.17) is 0 Å². The van der Waals surface area contributed by atoms with Gasteiger partial charge in [-0.25, -0.2) is 4.68 Å². The van der Waals surface area contributed by atoms with Crippen LogP contribution >= 0.6 is 11.3 Å². The first-order valence-corrected chi connectivity index (χ1v) is 8.49. The third-order valence-corrected chi connectivity index (χ3v) is 4.28. The number of hydrogen-bond acceptors (Lipinski definition) is 5. The van der Waals surface area contributed by atoms with Crippen molar-refractivity contribution in [2.75, 3.05) is 6.54 Å². The summed E-state index contributed by atoms with van der Waals surface area (Å²) in [5, 5.41) is 15.4. The van der Waals surface area contributed by atoms with Gasteiger partial charge in [-0.15, -0.1) is 16.4 Å². The molecule has 2 heterocycles. The minimum absolute atomic E-state index is 0.0235. The van der Waals surface area contributed by atoms with E-state index in [2.05, 4.69) is 20.9 Å². The monoisotopic (exact) mass is 335 g/mol. The molecule has 23 heavy (non-hydrogen) atoms. The van der Waals surface area contributed by atoms with E-state index in [0.29, 0.717) is 19.5 Å². The molecule has 0 unspecified atom stereocenters. The lowest BCUT2D eigenvalue weighted by molar-refractivity contribution is -0.121. The molecule has 2 rings (SSSR count). The number of amides is 2. The normalized spacial score (nSPS) is 11.9. The van der Waals surface area contributed by atoms with Gasteiger partial charge >= 0.3 is 0 Å². The molecule has 2 aromatic heterocycles. The van der Waals surface area contributed by atoms with Gasteiger partial charge in [-0.1, -0.05) is 18.2 Å². The summed E-state index contributed by atoms with van der Waals surface area (Å²) in [5.41, 5.74) is 0.272. The number of nitrogens with zero attached hydrogens (tertiary/aromatic N) is 3. The molecule has 0 saturated carbocycles. The molecule has 7 nitrogen and oxygen atoms in total. The Bertz CT molecular complexity index is 638.